The van der Waals surface area contributed by atoms with Gasteiger partial charge < -0.3 is 23.7 Å². The van der Waals surface area contributed by atoms with Crippen LogP contribution in [0, 0.1) is 0 Å². The summed E-state index contributed by atoms with van der Waals surface area (Å²) < 4.78 is 32.1. The number of ether oxygens (including phenoxy) is 5. The molecule has 1 saturated heterocycles. The Labute approximate surface area is 221 Å². The number of unbranched alkanes of at least 4 members (excludes halogenated alkanes) is 1. The fourth-order valence-electron chi connectivity index (χ4n) is 4.43. The second-order valence-corrected chi connectivity index (χ2v) is 9.29. The molecule has 0 N–H and O–H groups in total. The molecule has 0 aliphatic carbocycles. The Balaban J connectivity index is 1.55. The lowest BCUT2D eigenvalue weighted by Gasteiger charge is -2.45. The van der Waals surface area contributed by atoms with Crippen LogP contribution >= 0.6 is 0 Å². The van der Waals surface area contributed by atoms with Gasteiger partial charge in [0.1, 0.15) is 18.3 Å². The Kier molecular flexibility index (Phi) is 10.9. The number of benzene rings is 3. The van der Waals surface area contributed by atoms with Gasteiger partial charge in [0.25, 0.3) is 0 Å². The van der Waals surface area contributed by atoms with E-state index in [0.717, 1.165) is 29.5 Å². The topological polar surface area (TPSA) is 46.2 Å². The van der Waals surface area contributed by atoms with E-state index in [0.29, 0.717) is 26.4 Å². The van der Waals surface area contributed by atoms with Crippen molar-refractivity contribution in [1.29, 1.82) is 0 Å². The molecule has 3 aromatic carbocycles. The molecule has 0 saturated carbocycles. The van der Waals surface area contributed by atoms with Gasteiger partial charge in [-0.1, -0.05) is 97.1 Å². The molecule has 1 fully saturated rings. The minimum Gasteiger partial charge on any atom is -0.368 e. The Morgan fingerprint density at radius 2 is 1.11 bits per heavy atom. The van der Waals surface area contributed by atoms with E-state index in [1.165, 1.54) is 0 Å². The molecule has 1 aliphatic heterocycles. The van der Waals surface area contributed by atoms with Crippen LogP contribution in [0.15, 0.2) is 104 Å². The molecule has 3 unspecified atom stereocenters. The molecule has 5 atom stereocenters. The number of allylic oxidation sites excluding steroid dienone is 1. The second kappa shape index (κ2) is 14.8. The summed E-state index contributed by atoms with van der Waals surface area (Å²) in [6.07, 6.45) is 1.65. The Morgan fingerprint density at radius 3 is 1.59 bits per heavy atom. The van der Waals surface area contributed by atoms with Crippen LogP contribution in [0.4, 0.5) is 0 Å². The van der Waals surface area contributed by atoms with Gasteiger partial charge in [0, 0.05) is 0 Å². The maximum atomic E-state index is 6.57. The first-order valence-electron chi connectivity index (χ1n) is 13.1. The normalized spacial score (nSPS) is 23.5. The zero-order valence-electron chi connectivity index (χ0n) is 21.6. The summed E-state index contributed by atoms with van der Waals surface area (Å²) in [5.74, 6) is 0. The Bertz CT molecular complexity index is 1030. The van der Waals surface area contributed by atoms with Crippen molar-refractivity contribution >= 4 is 0 Å². The van der Waals surface area contributed by atoms with Gasteiger partial charge in [0.2, 0.25) is 0 Å². The molecular weight excluding hydrogens is 464 g/mol. The summed E-state index contributed by atoms with van der Waals surface area (Å²) in [6, 6.07) is 30.4. The molecule has 0 bridgehead atoms. The maximum absolute atomic E-state index is 6.57. The minimum atomic E-state index is -0.569. The largest absolute Gasteiger partial charge is 0.368 e. The lowest BCUT2D eigenvalue weighted by Crippen LogP contribution is -2.60. The first kappa shape index (κ1) is 27.2. The van der Waals surface area contributed by atoms with E-state index in [4.69, 9.17) is 23.7 Å². The van der Waals surface area contributed by atoms with E-state index >= 15 is 0 Å². The minimum absolute atomic E-state index is 0.245. The van der Waals surface area contributed by atoms with Crippen LogP contribution < -0.4 is 0 Å². The molecule has 0 amide bonds. The summed E-state index contributed by atoms with van der Waals surface area (Å²) in [6.45, 7) is 7.70. The van der Waals surface area contributed by atoms with Crippen molar-refractivity contribution in [1.82, 2.24) is 0 Å². The summed E-state index contributed by atoms with van der Waals surface area (Å²) in [5, 5.41) is 0. The molecule has 0 aromatic heterocycles. The van der Waals surface area contributed by atoms with Crippen LogP contribution in [0.25, 0.3) is 0 Å². The molecule has 0 spiro atoms. The van der Waals surface area contributed by atoms with Crippen molar-refractivity contribution in [2.75, 3.05) is 6.61 Å². The molecular formula is C32H38O5. The lowest BCUT2D eigenvalue weighted by atomic mass is 9.98. The average Bonchev–Trinajstić information content (AvgIpc) is 2.94. The van der Waals surface area contributed by atoms with Crippen molar-refractivity contribution in [3.8, 4) is 0 Å². The summed E-state index contributed by atoms with van der Waals surface area (Å²) in [5.41, 5.74) is 3.27. The van der Waals surface area contributed by atoms with Crippen molar-refractivity contribution in [2.24, 2.45) is 0 Å². The predicted molar refractivity (Wildman–Crippen MR) is 145 cm³/mol. The van der Waals surface area contributed by atoms with Gasteiger partial charge in [-0.25, -0.2) is 0 Å². The van der Waals surface area contributed by atoms with E-state index in [1.807, 2.05) is 67.6 Å². The Hall–Kier alpha value is -2.80. The monoisotopic (exact) mass is 502 g/mol. The molecule has 0 radical (unpaired) electrons. The van der Waals surface area contributed by atoms with Gasteiger partial charge in [0.15, 0.2) is 6.29 Å². The van der Waals surface area contributed by atoms with Gasteiger partial charge in [-0.15, -0.1) is 6.58 Å². The first-order valence-corrected chi connectivity index (χ1v) is 13.1. The van der Waals surface area contributed by atoms with Gasteiger partial charge >= 0.3 is 0 Å². The van der Waals surface area contributed by atoms with Crippen molar-refractivity contribution < 1.29 is 23.7 Å². The van der Waals surface area contributed by atoms with Crippen LogP contribution in [-0.2, 0) is 43.5 Å². The molecule has 37 heavy (non-hydrogen) atoms. The molecule has 1 heterocycles. The predicted octanol–water partition coefficient (Wildman–Crippen LogP) is 6.47. The van der Waals surface area contributed by atoms with Gasteiger partial charge in [0.05, 0.1) is 32.5 Å². The van der Waals surface area contributed by atoms with Crippen LogP contribution in [0.2, 0.25) is 0 Å². The fourth-order valence-corrected chi connectivity index (χ4v) is 4.43. The SMILES string of the molecule is C=CCCCO[C@@H]1OC(C)[C@@H](OCc2ccccc2)C(OCc2ccccc2)C1OCc1ccccc1. The van der Waals surface area contributed by atoms with Crippen LogP contribution in [0.1, 0.15) is 36.5 Å². The highest BCUT2D eigenvalue weighted by Crippen LogP contribution is 2.31. The molecule has 3 aromatic rings. The van der Waals surface area contributed by atoms with Crippen LogP contribution in [0.5, 0.6) is 0 Å². The lowest BCUT2D eigenvalue weighted by molar-refractivity contribution is -0.320. The number of rotatable bonds is 14. The highest BCUT2D eigenvalue weighted by atomic mass is 16.7. The van der Waals surface area contributed by atoms with E-state index in [-0.39, 0.29) is 18.3 Å². The molecule has 4 rings (SSSR count). The fraction of sp³-hybridized carbons (Fsp3) is 0.375. The van der Waals surface area contributed by atoms with Crippen LogP contribution in [-0.4, -0.2) is 37.3 Å². The summed E-state index contributed by atoms with van der Waals surface area (Å²) >= 11 is 0. The van der Waals surface area contributed by atoms with E-state index in [1.54, 1.807) is 0 Å². The highest BCUT2D eigenvalue weighted by molar-refractivity contribution is 5.15. The van der Waals surface area contributed by atoms with Crippen molar-refractivity contribution in [2.45, 2.75) is 70.3 Å². The average molecular weight is 503 g/mol. The van der Waals surface area contributed by atoms with Crippen molar-refractivity contribution in [3.63, 3.8) is 0 Å². The van der Waals surface area contributed by atoms with Crippen LogP contribution in [0.3, 0.4) is 0 Å². The van der Waals surface area contributed by atoms with E-state index in [9.17, 15) is 0 Å². The standard InChI is InChI=1S/C32H38O5/c1-3-4-14-21-33-32-31(36-24-28-19-12-7-13-20-28)30(35-23-27-17-10-6-11-18-27)29(25(2)37-32)34-22-26-15-8-5-9-16-26/h3,5-13,15-20,25,29-32H,1,4,14,21-24H2,2H3/t25?,29-,30?,31?,32-/m1/s1. The third-order valence-corrected chi connectivity index (χ3v) is 6.42. The zero-order valence-corrected chi connectivity index (χ0v) is 21.6. The number of hydrogen-bond donors (Lipinski definition) is 0. The van der Waals surface area contributed by atoms with Crippen molar-refractivity contribution in [3.05, 3.63) is 120 Å². The third-order valence-electron chi connectivity index (χ3n) is 6.42. The van der Waals surface area contributed by atoms with Gasteiger partial charge in [-0.3, -0.25) is 0 Å². The van der Waals surface area contributed by atoms with E-state index < -0.39 is 12.4 Å². The summed E-state index contributed by atoms with van der Waals surface area (Å²) in [7, 11) is 0. The summed E-state index contributed by atoms with van der Waals surface area (Å²) in [4.78, 5) is 0. The third kappa shape index (κ3) is 8.35. The van der Waals surface area contributed by atoms with Gasteiger partial charge in [-0.2, -0.15) is 0 Å². The zero-order chi connectivity index (χ0) is 25.7. The molecule has 5 heteroatoms. The Morgan fingerprint density at radius 1 is 0.649 bits per heavy atom. The molecule has 5 nitrogen and oxygen atoms in total. The first-order chi connectivity index (χ1) is 18.2. The molecule has 1 aliphatic rings. The number of hydrogen-bond acceptors (Lipinski definition) is 5. The quantitative estimate of drug-likeness (QED) is 0.187. The maximum Gasteiger partial charge on any atom is 0.186 e. The smallest absolute Gasteiger partial charge is 0.186 e. The van der Waals surface area contributed by atoms with Gasteiger partial charge in [-0.05, 0) is 36.5 Å². The highest BCUT2D eigenvalue weighted by Gasteiger charge is 2.47. The molecule has 196 valence electrons. The second-order valence-electron chi connectivity index (χ2n) is 9.29. The van der Waals surface area contributed by atoms with E-state index in [2.05, 4.69) is 43.0 Å².